The number of rotatable bonds is 3. The Morgan fingerprint density at radius 1 is 1.56 bits per heavy atom. The molecule has 0 aliphatic heterocycles. The van der Waals surface area contributed by atoms with E-state index in [1.807, 2.05) is 25.1 Å². The molecule has 0 aromatic heterocycles. The van der Waals surface area contributed by atoms with Crippen LogP contribution in [0.1, 0.15) is 11.1 Å². The third-order valence-corrected chi connectivity index (χ3v) is 2.96. The Morgan fingerprint density at radius 3 is 2.88 bits per heavy atom. The van der Waals surface area contributed by atoms with Crippen LogP contribution in [0.5, 0.6) is 0 Å². The summed E-state index contributed by atoms with van der Waals surface area (Å²) >= 11 is 3.41. The van der Waals surface area contributed by atoms with Gasteiger partial charge in [0.1, 0.15) is 0 Å². The van der Waals surface area contributed by atoms with Crippen molar-refractivity contribution in [3.05, 3.63) is 33.8 Å². The highest BCUT2D eigenvalue weighted by Crippen LogP contribution is 2.16. The van der Waals surface area contributed by atoms with Gasteiger partial charge >= 0.3 is 5.91 Å². The number of hydrogen-bond acceptors (Lipinski definition) is 2. The molecule has 4 heteroatoms. The van der Waals surface area contributed by atoms with Crippen molar-refractivity contribution in [3.8, 4) is 6.07 Å². The Kier molecular flexibility index (Phi) is 4.51. The fourth-order valence-corrected chi connectivity index (χ4v) is 1.79. The molecule has 0 saturated carbocycles. The van der Waals surface area contributed by atoms with E-state index >= 15 is 0 Å². The third-order valence-electron chi connectivity index (χ3n) is 2.47. The maximum Gasteiger partial charge on any atom is 0.324 e. The van der Waals surface area contributed by atoms with Crippen LogP contribution in [0.25, 0.3) is 0 Å². The molecule has 0 aliphatic rings. The predicted molar refractivity (Wildman–Crippen MR) is 65.8 cm³/mol. The van der Waals surface area contributed by atoms with Crippen molar-refractivity contribution in [2.75, 3.05) is 13.6 Å². The molecule has 0 radical (unpaired) electrons. The first kappa shape index (κ1) is 12.7. The molecule has 0 N–H and O–H groups in total. The second-order valence-electron chi connectivity index (χ2n) is 3.66. The minimum Gasteiger partial charge on any atom is -0.333 e. The SMILES string of the molecule is Cc1ccc(Br)cc1CCN(C)C(=O)C#N. The van der Waals surface area contributed by atoms with E-state index in [9.17, 15) is 4.79 Å². The molecule has 0 unspecified atom stereocenters. The van der Waals surface area contributed by atoms with Crippen LogP contribution in [-0.2, 0) is 11.2 Å². The molecular weight excluding hydrogens is 268 g/mol. The lowest BCUT2D eigenvalue weighted by atomic mass is 10.1. The summed E-state index contributed by atoms with van der Waals surface area (Å²) in [5, 5.41) is 8.45. The van der Waals surface area contributed by atoms with E-state index in [1.165, 1.54) is 16.0 Å². The number of hydrogen-bond donors (Lipinski definition) is 0. The standard InChI is InChI=1S/C12H13BrN2O/c1-9-3-4-11(13)7-10(9)5-6-15(2)12(16)8-14/h3-4,7H,5-6H2,1-2H3. The van der Waals surface area contributed by atoms with E-state index in [0.29, 0.717) is 6.54 Å². The summed E-state index contributed by atoms with van der Waals surface area (Å²) in [7, 11) is 1.64. The van der Waals surface area contributed by atoms with Crippen LogP contribution in [0.15, 0.2) is 22.7 Å². The van der Waals surface area contributed by atoms with Crippen molar-refractivity contribution in [1.29, 1.82) is 5.26 Å². The summed E-state index contributed by atoms with van der Waals surface area (Å²) in [6.07, 6.45) is 0.759. The van der Waals surface area contributed by atoms with E-state index in [-0.39, 0.29) is 0 Å². The molecule has 0 atom stereocenters. The van der Waals surface area contributed by atoms with E-state index < -0.39 is 5.91 Å². The van der Waals surface area contributed by atoms with E-state index in [2.05, 4.69) is 15.9 Å². The van der Waals surface area contributed by atoms with Gasteiger partial charge in [0, 0.05) is 18.1 Å². The maximum atomic E-state index is 11.0. The third kappa shape index (κ3) is 3.35. The number of aryl methyl sites for hydroxylation is 1. The van der Waals surface area contributed by atoms with Crippen molar-refractivity contribution in [2.45, 2.75) is 13.3 Å². The van der Waals surface area contributed by atoms with Gasteiger partial charge in [-0.15, -0.1) is 0 Å². The summed E-state index contributed by atoms with van der Waals surface area (Å²) in [6.45, 7) is 2.59. The minimum absolute atomic E-state index is 0.493. The fourth-order valence-electron chi connectivity index (χ4n) is 1.38. The van der Waals surface area contributed by atoms with Crippen LogP contribution in [0, 0.1) is 18.3 Å². The Labute approximate surface area is 104 Å². The monoisotopic (exact) mass is 280 g/mol. The summed E-state index contributed by atoms with van der Waals surface area (Å²) in [5.74, 6) is -0.493. The van der Waals surface area contributed by atoms with Crippen LogP contribution >= 0.6 is 15.9 Å². The summed E-state index contributed by atoms with van der Waals surface area (Å²) < 4.78 is 1.03. The van der Waals surface area contributed by atoms with E-state index in [1.54, 1.807) is 13.1 Å². The lowest BCUT2D eigenvalue weighted by molar-refractivity contribution is -0.124. The highest BCUT2D eigenvalue weighted by atomic mass is 79.9. The zero-order valence-electron chi connectivity index (χ0n) is 9.33. The molecule has 0 bridgehead atoms. The van der Waals surface area contributed by atoms with Crippen LogP contribution in [0.4, 0.5) is 0 Å². The van der Waals surface area contributed by atoms with Gasteiger partial charge in [0.2, 0.25) is 0 Å². The Balaban J connectivity index is 2.65. The largest absolute Gasteiger partial charge is 0.333 e. The second-order valence-corrected chi connectivity index (χ2v) is 4.57. The first-order chi connectivity index (χ1) is 7.54. The van der Waals surface area contributed by atoms with Gasteiger partial charge < -0.3 is 4.90 Å². The van der Waals surface area contributed by atoms with Gasteiger partial charge in [0.25, 0.3) is 0 Å². The number of nitrogens with zero attached hydrogens (tertiary/aromatic N) is 2. The van der Waals surface area contributed by atoms with Gasteiger partial charge in [-0.2, -0.15) is 5.26 Å². The Hall–Kier alpha value is -1.34. The quantitative estimate of drug-likeness (QED) is 0.798. The smallest absolute Gasteiger partial charge is 0.324 e. The summed E-state index contributed by atoms with van der Waals surface area (Å²) in [5.41, 5.74) is 2.38. The van der Waals surface area contributed by atoms with Gasteiger partial charge in [-0.05, 0) is 36.6 Å². The van der Waals surface area contributed by atoms with Crippen molar-refractivity contribution in [1.82, 2.24) is 4.90 Å². The van der Waals surface area contributed by atoms with Gasteiger partial charge in [-0.25, -0.2) is 0 Å². The molecule has 16 heavy (non-hydrogen) atoms. The Bertz CT molecular complexity index is 437. The molecule has 1 amide bonds. The average molecular weight is 281 g/mol. The lowest BCUT2D eigenvalue weighted by Crippen LogP contribution is -2.27. The lowest BCUT2D eigenvalue weighted by Gasteiger charge is -2.14. The molecule has 0 fully saturated rings. The normalized spacial score (nSPS) is 9.62. The van der Waals surface area contributed by atoms with Gasteiger partial charge in [-0.3, -0.25) is 4.79 Å². The molecule has 1 aromatic carbocycles. The summed E-state index contributed by atoms with van der Waals surface area (Å²) in [4.78, 5) is 12.5. The van der Waals surface area contributed by atoms with Crippen LogP contribution in [0.3, 0.4) is 0 Å². The second kappa shape index (κ2) is 5.66. The summed E-state index contributed by atoms with van der Waals surface area (Å²) in [6, 6.07) is 7.67. The topological polar surface area (TPSA) is 44.1 Å². The average Bonchev–Trinajstić information content (AvgIpc) is 2.28. The molecule has 1 rings (SSSR count). The van der Waals surface area contributed by atoms with Gasteiger partial charge in [0.05, 0.1) is 0 Å². The first-order valence-electron chi connectivity index (χ1n) is 4.95. The number of likely N-dealkylation sites (N-methyl/N-ethyl adjacent to an activating group) is 1. The molecule has 0 spiro atoms. The zero-order valence-corrected chi connectivity index (χ0v) is 10.9. The molecule has 1 aromatic rings. The van der Waals surface area contributed by atoms with Gasteiger partial charge in [-0.1, -0.05) is 22.0 Å². The number of nitriles is 1. The van der Waals surface area contributed by atoms with E-state index in [0.717, 1.165) is 10.9 Å². The van der Waals surface area contributed by atoms with Crippen LogP contribution < -0.4 is 0 Å². The van der Waals surface area contributed by atoms with Crippen molar-refractivity contribution in [2.24, 2.45) is 0 Å². The molecule has 0 saturated heterocycles. The number of amides is 1. The Morgan fingerprint density at radius 2 is 2.25 bits per heavy atom. The molecule has 0 heterocycles. The molecule has 3 nitrogen and oxygen atoms in total. The van der Waals surface area contributed by atoms with Crippen molar-refractivity contribution >= 4 is 21.8 Å². The van der Waals surface area contributed by atoms with Crippen LogP contribution in [-0.4, -0.2) is 24.4 Å². The molecule has 0 aliphatic carbocycles. The highest BCUT2D eigenvalue weighted by Gasteiger charge is 2.07. The number of benzene rings is 1. The van der Waals surface area contributed by atoms with Crippen molar-refractivity contribution in [3.63, 3.8) is 0 Å². The van der Waals surface area contributed by atoms with Gasteiger partial charge in [0.15, 0.2) is 6.07 Å². The number of carbonyl (C=O) groups excluding carboxylic acids is 1. The minimum atomic E-state index is -0.493. The fraction of sp³-hybridized carbons (Fsp3) is 0.333. The first-order valence-corrected chi connectivity index (χ1v) is 5.74. The predicted octanol–water partition coefficient (Wildman–Crippen LogP) is 2.28. The molecule has 84 valence electrons. The molecular formula is C12H13BrN2O. The van der Waals surface area contributed by atoms with Crippen molar-refractivity contribution < 1.29 is 4.79 Å². The number of halogens is 1. The maximum absolute atomic E-state index is 11.0. The van der Waals surface area contributed by atoms with E-state index in [4.69, 9.17) is 5.26 Å². The van der Waals surface area contributed by atoms with Crippen LogP contribution in [0.2, 0.25) is 0 Å². The zero-order chi connectivity index (χ0) is 12.1. The highest BCUT2D eigenvalue weighted by molar-refractivity contribution is 9.10. The number of carbonyl (C=O) groups is 1.